The molecule has 0 heterocycles. The van der Waals surface area contributed by atoms with Crippen LogP contribution in [0.25, 0.3) is 0 Å². The van der Waals surface area contributed by atoms with E-state index in [1.165, 1.54) is 4.90 Å². The van der Waals surface area contributed by atoms with Crippen molar-refractivity contribution in [2.45, 2.75) is 38.6 Å². The van der Waals surface area contributed by atoms with Gasteiger partial charge in [0.25, 0.3) is 0 Å². The van der Waals surface area contributed by atoms with Gasteiger partial charge in [-0.2, -0.15) is 0 Å². The molecule has 1 aromatic carbocycles. The summed E-state index contributed by atoms with van der Waals surface area (Å²) in [5.74, 6) is -1.30. The number of aliphatic carboxylic acids is 1. The van der Waals surface area contributed by atoms with Crippen LogP contribution < -0.4 is 10.2 Å². The van der Waals surface area contributed by atoms with Gasteiger partial charge in [0.2, 0.25) is 0 Å². The van der Waals surface area contributed by atoms with Crippen LogP contribution in [0.4, 0.5) is 10.5 Å². The predicted octanol–water partition coefficient (Wildman–Crippen LogP) is 2.78. The molecule has 1 fully saturated rings. The second-order valence-corrected chi connectivity index (χ2v) is 5.68. The lowest BCUT2D eigenvalue weighted by Crippen LogP contribution is -2.49. The molecule has 1 saturated carbocycles. The summed E-state index contributed by atoms with van der Waals surface area (Å²) < 4.78 is 0. The number of urea groups is 1. The van der Waals surface area contributed by atoms with Crippen molar-refractivity contribution in [1.82, 2.24) is 5.32 Å². The molecule has 2 rings (SSSR count). The van der Waals surface area contributed by atoms with E-state index in [0.717, 1.165) is 30.5 Å². The molecule has 0 radical (unpaired) electrons. The highest BCUT2D eigenvalue weighted by Gasteiger charge is 2.32. The first-order chi connectivity index (χ1) is 9.99. The third-order valence-corrected chi connectivity index (χ3v) is 4.09. The normalized spacial score (nSPS) is 21.6. The van der Waals surface area contributed by atoms with Gasteiger partial charge in [-0.05, 0) is 37.5 Å². The van der Waals surface area contributed by atoms with E-state index in [9.17, 15) is 14.7 Å². The number of benzene rings is 1. The molecule has 2 unspecified atom stereocenters. The molecule has 1 aromatic rings. The maximum absolute atomic E-state index is 12.3. The van der Waals surface area contributed by atoms with E-state index < -0.39 is 11.9 Å². The third-order valence-electron chi connectivity index (χ3n) is 4.09. The molecule has 0 bridgehead atoms. The smallest absolute Gasteiger partial charge is 0.321 e. The van der Waals surface area contributed by atoms with Gasteiger partial charge in [0, 0.05) is 18.8 Å². The fourth-order valence-corrected chi connectivity index (χ4v) is 2.81. The second-order valence-electron chi connectivity index (χ2n) is 5.68. The van der Waals surface area contributed by atoms with E-state index in [4.69, 9.17) is 0 Å². The molecule has 5 heteroatoms. The highest BCUT2D eigenvalue weighted by molar-refractivity contribution is 5.92. The van der Waals surface area contributed by atoms with Crippen molar-refractivity contribution >= 4 is 17.7 Å². The van der Waals surface area contributed by atoms with Crippen molar-refractivity contribution in [3.05, 3.63) is 29.8 Å². The molecule has 0 aliphatic heterocycles. The molecule has 0 spiro atoms. The number of carboxylic acid groups (broad SMARTS) is 1. The Bertz CT molecular complexity index is 530. The number of aryl methyl sites for hydroxylation is 1. The number of carboxylic acids is 1. The lowest BCUT2D eigenvalue weighted by atomic mass is 9.84. The first-order valence-corrected chi connectivity index (χ1v) is 7.32. The van der Waals surface area contributed by atoms with Gasteiger partial charge in [0.1, 0.15) is 0 Å². The number of hydrogen-bond donors (Lipinski definition) is 2. The number of hydrogen-bond acceptors (Lipinski definition) is 2. The highest BCUT2D eigenvalue weighted by atomic mass is 16.4. The number of carbonyl (C=O) groups is 2. The minimum atomic E-state index is -0.821. The molecule has 5 nitrogen and oxygen atoms in total. The van der Waals surface area contributed by atoms with E-state index in [1.54, 1.807) is 7.05 Å². The van der Waals surface area contributed by atoms with E-state index >= 15 is 0 Å². The SMILES string of the molecule is Cc1cccc(N(C)C(=O)NC2CCCCC2C(=O)O)c1. The predicted molar refractivity (Wildman–Crippen MR) is 81.5 cm³/mol. The zero-order valence-electron chi connectivity index (χ0n) is 12.5. The quantitative estimate of drug-likeness (QED) is 0.899. The van der Waals surface area contributed by atoms with Gasteiger partial charge >= 0.3 is 12.0 Å². The van der Waals surface area contributed by atoms with Crippen LogP contribution in [-0.4, -0.2) is 30.2 Å². The van der Waals surface area contributed by atoms with Crippen molar-refractivity contribution in [2.75, 3.05) is 11.9 Å². The lowest BCUT2D eigenvalue weighted by Gasteiger charge is -2.31. The Morgan fingerprint density at radius 3 is 2.67 bits per heavy atom. The van der Waals surface area contributed by atoms with Crippen LogP contribution >= 0.6 is 0 Å². The summed E-state index contributed by atoms with van der Waals surface area (Å²) in [6.45, 7) is 1.97. The number of amides is 2. The molecule has 0 aromatic heterocycles. The van der Waals surface area contributed by atoms with Crippen LogP contribution in [0.15, 0.2) is 24.3 Å². The van der Waals surface area contributed by atoms with Gasteiger partial charge in [-0.25, -0.2) is 4.79 Å². The number of nitrogens with one attached hydrogen (secondary N) is 1. The molecule has 21 heavy (non-hydrogen) atoms. The standard InChI is InChI=1S/C16H22N2O3/c1-11-6-5-7-12(10-11)18(2)16(21)17-14-9-4-3-8-13(14)15(19)20/h5-7,10,13-14H,3-4,8-9H2,1-2H3,(H,17,21)(H,19,20). The lowest BCUT2D eigenvalue weighted by molar-refractivity contribution is -0.143. The maximum atomic E-state index is 12.3. The maximum Gasteiger partial charge on any atom is 0.321 e. The first-order valence-electron chi connectivity index (χ1n) is 7.32. The van der Waals surface area contributed by atoms with Crippen molar-refractivity contribution in [3.63, 3.8) is 0 Å². The molecule has 0 saturated heterocycles. The highest BCUT2D eigenvalue weighted by Crippen LogP contribution is 2.25. The van der Waals surface area contributed by atoms with Gasteiger partial charge < -0.3 is 10.4 Å². The fraction of sp³-hybridized carbons (Fsp3) is 0.500. The Balaban J connectivity index is 2.04. The topological polar surface area (TPSA) is 69.6 Å². The van der Waals surface area contributed by atoms with Gasteiger partial charge in [0.15, 0.2) is 0 Å². The second kappa shape index (κ2) is 6.61. The summed E-state index contributed by atoms with van der Waals surface area (Å²) in [7, 11) is 1.70. The van der Waals surface area contributed by atoms with Gasteiger partial charge in [0.05, 0.1) is 5.92 Å². The van der Waals surface area contributed by atoms with Crippen LogP contribution in [0.3, 0.4) is 0 Å². The number of rotatable bonds is 3. The largest absolute Gasteiger partial charge is 0.481 e. The molecular formula is C16H22N2O3. The molecular weight excluding hydrogens is 268 g/mol. The zero-order valence-corrected chi connectivity index (χ0v) is 12.5. The van der Waals surface area contributed by atoms with Gasteiger partial charge in [-0.3, -0.25) is 9.69 Å². The van der Waals surface area contributed by atoms with Crippen molar-refractivity contribution in [1.29, 1.82) is 0 Å². The van der Waals surface area contributed by atoms with Crippen LogP contribution in [0.5, 0.6) is 0 Å². The van der Waals surface area contributed by atoms with Gasteiger partial charge in [-0.1, -0.05) is 25.0 Å². The minimum absolute atomic E-state index is 0.251. The van der Waals surface area contributed by atoms with E-state index in [1.807, 2.05) is 31.2 Å². The molecule has 1 aliphatic carbocycles. The van der Waals surface area contributed by atoms with Crippen LogP contribution in [-0.2, 0) is 4.79 Å². The third kappa shape index (κ3) is 3.74. The zero-order chi connectivity index (χ0) is 15.4. The van der Waals surface area contributed by atoms with Crippen molar-refractivity contribution < 1.29 is 14.7 Å². The summed E-state index contributed by atoms with van der Waals surface area (Å²) in [4.78, 5) is 25.1. The molecule has 114 valence electrons. The van der Waals surface area contributed by atoms with E-state index in [0.29, 0.717) is 6.42 Å². The average molecular weight is 290 g/mol. The summed E-state index contributed by atoms with van der Waals surface area (Å²) in [6, 6.07) is 7.12. The fourth-order valence-electron chi connectivity index (χ4n) is 2.81. The van der Waals surface area contributed by atoms with Crippen LogP contribution in [0.2, 0.25) is 0 Å². The van der Waals surface area contributed by atoms with Gasteiger partial charge in [-0.15, -0.1) is 0 Å². The monoisotopic (exact) mass is 290 g/mol. The molecule has 2 amide bonds. The molecule has 1 aliphatic rings. The Hall–Kier alpha value is -2.04. The summed E-state index contributed by atoms with van der Waals surface area (Å²) in [5, 5.41) is 12.1. The Labute approximate surface area is 125 Å². The van der Waals surface area contributed by atoms with Crippen molar-refractivity contribution in [2.24, 2.45) is 5.92 Å². The average Bonchev–Trinajstić information content (AvgIpc) is 2.46. The summed E-state index contributed by atoms with van der Waals surface area (Å²) >= 11 is 0. The molecule has 2 atom stereocenters. The van der Waals surface area contributed by atoms with Crippen molar-refractivity contribution in [3.8, 4) is 0 Å². The first kappa shape index (κ1) is 15.4. The number of carbonyl (C=O) groups excluding carboxylic acids is 1. The van der Waals surface area contributed by atoms with Crippen LogP contribution in [0, 0.1) is 12.8 Å². The summed E-state index contributed by atoms with van der Waals surface area (Å²) in [6.07, 6.45) is 3.23. The Kier molecular flexibility index (Phi) is 4.83. The Morgan fingerprint density at radius 2 is 2.00 bits per heavy atom. The molecule has 2 N–H and O–H groups in total. The van der Waals surface area contributed by atoms with E-state index in [-0.39, 0.29) is 12.1 Å². The summed E-state index contributed by atoms with van der Waals surface area (Å²) in [5.41, 5.74) is 1.88. The Morgan fingerprint density at radius 1 is 1.29 bits per heavy atom. The van der Waals surface area contributed by atoms with Crippen LogP contribution in [0.1, 0.15) is 31.2 Å². The van der Waals surface area contributed by atoms with E-state index in [2.05, 4.69) is 5.32 Å². The number of anilines is 1. The number of nitrogens with zero attached hydrogens (tertiary/aromatic N) is 1. The minimum Gasteiger partial charge on any atom is -0.481 e.